The summed E-state index contributed by atoms with van der Waals surface area (Å²) in [7, 11) is 0. The van der Waals surface area contributed by atoms with E-state index >= 15 is 0 Å². The van der Waals surface area contributed by atoms with Crippen LogP contribution in [0.3, 0.4) is 0 Å². The van der Waals surface area contributed by atoms with Crippen molar-refractivity contribution < 1.29 is 4.42 Å². The van der Waals surface area contributed by atoms with E-state index in [1.54, 1.807) is 0 Å². The van der Waals surface area contributed by atoms with Crippen molar-refractivity contribution >= 4 is 0 Å². The van der Waals surface area contributed by atoms with Gasteiger partial charge >= 0.3 is 0 Å². The van der Waals surface area contributed by atoms with Crippen molar-refractivity contribution in [1.29, 1.82) is 0 Å². The van der Waals surface area contributed by atoms with E-state index in [4.69, 9.17) is 4.42 Å². The summed E-state index contributed by atoms with van der Waals surface area (Å²) in [6.07, 6.45) is 6.82. The lowest BCUT2D eigenvalue weighted by Gasteiger charge is -2.27. The lowest BCUT2D eigenvalue weighted by molar-refractivity contribution is 0.274. The minimum absolute atomic E-state index is 0.511. The molecule has 1 aromatic carbocycles. The van der Waals surface area contributed by atoms with Crippen molar-refractivity contribution in [2.45, 2.75) is 51.6 Å². The fourth-order valence-electron chi connectivity index (χ4n) is 3.07. The predicted molar refractivity (Wildman–Crippen MR) is 82.6 cm³/mol. The SMILES string of the molecule is C[C@@H](NCc1nnc(-c2ccccc2)o1)C1CCCCC1. The highest BCUT2D eigenvalue weighted by atomic mass is 16.4. The molecule has 112 valence electrons. The molecule has 21 heavy (non-hydrogen) atoms. The summed E-state index contributed by atoms with van der Waals surface area (Å²) in [5, 5.41) is 11.8. The van der Waals surface area contributed by atoms with Gasteiger partial charge in [-0.1, -0.05) is 37.5 Å². The highest BCUT2D eigenvalue weighted by Crippen LogP contribution is 2.26. The second kappa shape index (κ2) is 6.85. The Morgan fingerprint density at radius 1 is 1.14 bits per heavy atom. The summed E-state index contributed by atoms with van der Waals surface area (Å²) in [5.74, 6) is 2.05. The van der Waals surface area contributed by atoms with Crippen LogP contribution in [0.15, 0.2) is 34.7 Å². The van der Waals surface area contributed by atoms with Crippen molar-refractivity contribution in [1.82, 2.24) is 15.5 Å². The van der Waals surface area contributed by atoms with E-state index in [0.717, 1.165) is 11.5 Å². The van der Waals surface area contributed by atoms with Gasteiger partial charge in [-0.3, -0.25) is 0 Å². The first kappa shape index (κ1) is 14.3. The molecule has 2 aromatic rings. The van der Waals surface area contributed by atoms with Crippen LogP contribution in [-0.2, 0) is 6.54 Å². The van der Waals surface area contributed by atoms with Crippen molar-refractivity contribution in [3.63, 3.8) is 0 Å². The standard InChI is InChI=1S/C17H23N3O/c1-13(14-8-4-2-5-9-14)18-12-16-19-20-17(21-16)15-10-6-3-7-11-15/h3,6-7,10-11,13-14,18H,2,4-5,8-9,12H2,1H3/t13-/m1/s1. The predicted octanol–water partition coefficient (Wildman–Crippen LogP) is 3.80. The summed E-state index contributed by atoms with van der Waals surface area (Å²) in [6.45, 7) is 2.92. The summed E-state index contributed by atoms with van der Waals surface area (Å²) < 4.78 is 5.72. The van der Waals surface area contributed by atoms with Gasteiger partial charge in [0.05, 0.1) is 6.54 Å². The van der Waals surface area contributed by atoms with Gasteiger partial charge in [-0.05, 0) is 37.8 Å². The van der Waals surface area contributed by atoms with E-state index in [1.165, 1.54) is 32.1 Å². The molecule has 0 saturated heterocycles. The zero-order valence-corrected chi connectivity index (χ0v) is 12.6. The van der Waals surface area contributed by atoms with Crippen LogP contribution in [-0.4, -0.2) is 16.2 Å². The molecule has 1 aromatic heterocycles. The molecule has 4 nitrogen and oxygen atoms in total. The van der Waals surface area contributed by atoms with E-state index in [0.29, 0.717) is 24.4 Å². The summed E-state index contributed by atoms with van der Waals surface area (Å²) >= 11 is 0. The molecule has 0 aliphatic heterocycles. The van der Waals surface area contributed by atoms with Gasteiger partial charge in [-0.25, -0.2) is 0 Å². The summed E-state index contributed by atoms with van der Waals surface area (Å²) in [5.41, 5.74) is 0.969. The topological polar surface area (TPSA) is 51.0 Å². The maximum Gasteiger partial charge on any atom is 0.247 e. The van der Waals surface area contributed by atoms with Crippen LogP contribution in [0.5, 0.6) is 0 Å². The second-order valence-corrected chi connectivity index (χ2v) is 5.93. The Labute approximate surface area is 126 Å². The Morgan fingerprint density at radius 2 is 1.90 bits per heavy atom. The van der Waals surface area contributed by atoms with E-state index in [1.807, 2.05) is 30.3 Å². The third-order valence-electron chi connectivity index (χ3n) is 4.42. The van der Waals surface area contributed by atoms with Gasteiger partial charge in [-0.15, -0.1) is 10.2 Å². The first-order chi connectivity index (χ1) is 10.3. The molecule has 0 radical (unpaired) electrons. The first-order valence-electron chi connectivity index (χ1n) is 7.94. The molecule has 1 aliphatic rings. The minimum Gasteiger partial charge on any atom is -0.419 e. The molecule has 0 spiro atoms. The molecule has 0 unspecified atom stereocenters. The Morgan fingerprint density at radius 3 is 2.67 bits per heavy atom. The van der Waals surface area contributed by atoms with Gasteiger partial charge in [0.25, 0.3) is 0 Å². The van der Waals surface area contributed by atoms with Crippen LogP contribution >= 0.6 is 0 Å². The van der Waals surface area contributed by atoms with Crippen LogP contribution < -0.4 is 5.32 Å². The van der Waals surface area contributed by atoms with Crippen LogP contribution in [0.2, 0.25) is 0 Å². The lowest BCUT2D eigenvalue weighted by Crippen LogP contribution is -2.34. The van der Waals surface area contributed by atoms with Crippen LogP contribution in [0.4, 0.5) is 0 Å². The number of benzene rings is 1. The molecule has 0 bridgehead atoms. The molecule has 0 amide bonds. The zero-order valence-electron chi connectivity index (χ0n) is 12.6. The Balaban J connectivity index is 1.55. The number of hydrogen-bond acceptors (Lipinski definition) is 4. The normalized spacial score (nSPS) is 17.8. The van der Waals surface area contributed by atoms with Crippen molar-refractivity contribution in [3.05, 3.63) is 36.2 Å². The fraction of sp³-hybridized carbons (Fsp3) is 0.529. The fourth-order valence-corrected chi connectivity index (χ4v) is 3.07. The summed E-state index contributed by atoms with van der Waals surface area (Å²) in [6, 6.07) is 10.4. The van der Waals surface area contributed by atoms with Gasteiger partial charge < -0.3 is 9.73 Å². The van der Waals surface area contributed by atoms with Crippen LogP contribution in [0.1, 0.15) is 44.9 Å². The molecule has 1 heterocycles. The van der Waals surface area contributed by atoms with Gasteiger partial charge in [0, 0.05) is 11.6 Å². The quantitative estimate of drug-likeness (QED) is 0.908. The average molecular weight is 285 g/mol. The van der Waals surface area contributed by atoms with E-state index in [-0.39, 0.29) is 0 Å². The van der Waals surface area contributed by atoms with Gasteiger partial charge in [0.2, 0.25) is 11.8 Å². The Bertz CT molecular complexity index is 546. The second-order valence-electron chi connectivity index (χ2n) is 5.93. The summed E-state index contributed by atoms with van der Waals surface area (Å²) in [4.78, 5) is 0. The molecular weight excluding hydrogens is 262 g/mol. The van der Waals surface area contributed by atoms with Crippen molar-refractivity contribution in [3.8, 4) is 11.5 Å². The molecule has 1 saturated carbocycles. The third kappa shape index (κ3) is 3.70. The monoisotopic (exact) mass is 285 g/mol. The molecule has 1 N–H and O–H groups in total. The van der Waals surface area contributed by atoms with Gasteiger partial charge in [0.15, 0.2) is 0 Å². The maximum atomic E-state index is 5.72. The van der Waals surface area contributed by atoms with Crippen LogP contribution in [0, 0.1) is 5.92 Å². The molecular formula is C17H23N3O. The minimum atomic E-state index is 0.511. The van der Waals surface area contributed by atoms with Crippen LogP contribution in [0.25, 0.3) is 11.5 Å². The Hall–Kier alpha value is -1.68. The third-order valence-corrected chi connectivity index (χ3v) is 4.42. The number of nitrogens with zero attached hydrogens (tertiary/aromatic N) is 2. The zero-order chi connectivity index (χ0) is 14.5. The molecule has 1 aliphatic carbocycles. The molecule has 1 fully saturated rings. The number of nitrogens with one attached hydrogen (secondary N) is 1. The van der Waals surface area contributed by atoms with E-state index in [2.05, 4.69) is 22.4 Å². The lowest BCUT2D eigenvalue weighted by atomic mass is 9.84. The van der Waals surface area contributed by atoms with Gasteiger partial charge in [-0.2, -0.15) is 0 Å². The number of rotatable bonds is 5. The van der Waals surface area contributed by atoms with E-state index in [9.17, 15) is 0 Å². The van der Waals surface area contributed by atoms with Gasteiger partial charge in [0.1, 0.15) is 0 Å². The number of hydrogen-bond donors (Lipinski definition) is 1. The maximum absolute atomic E-state index is 5.72. The average Bonchev–Trinajstić information content (AvgIpc) is 3.03. The molecule has 3 rings (SSSR count). The largest absolute Gasteiger partial charge is 0.419 e. The van der Waals surface area contributed by atoms with Crippen molar-refractivity contribution in [2.24, 2.45) is 5.92 Å². The highest BCUT2D eigenvalue weighted by Gasteiger charge is 2.20. The number of aromatic nitrogens is 2. The first-order valence-corrected chi connectivity index (χ1v) is 7.94. The molecule has 1 atom stereocenters. The van der Waals surface area contributed by atoms with E-state index < -0.39 is 0 Å². The van der Waals surface area contributed by atoms with Crippen molar-refractivity contribution in [2.75, 3.05) is 0 Å². The smallest absolute Gasteiger partial charge is 0.247 e. The highest BCUT2D eigenvalue weighted by molar-refractivity contribution is 5.51. The molecule has 4 heteroatoms. The Kier molecular flexibility index (Phi) is 4.65.